The molecule has 164 valence electrons. The molecule has 0 spiro atoms. The van der Waals surface area contributed by atoms with Crippen molar-refractivity contribution in [1.29, 1.82) is 0 Å². The van der Waals surface area contributed by atoms with Crippen molar-refractivity contribution >= 4 is 22.7 Å². The molecule has 4 rings (SSSR count). The smallest absolute Gasteiger partial charge is 0.335 e. The molecule has 0 saturated carbocycles. The Bertz CT molecular complexity index is 1350. The van der Waals surface area contributed by atoms with Crippen LogP contribution in [0.5, 0.6) is 5.75 Å². The topological polar surface area (TPSA) is 85.5 Å². The standard InChI is InChI=1S/C25H25N3O4/c1-16-12-19(24(29)30)7-10-21(16)26-14-17-4-8-20(9-5-17)32-15-18-6-11-22-23(13-18)28(3)25(31)27(22)2/h4-13,26H,14-15H2,1-3H3,(H,29,30). The first-order valence-corrected chi connectivity index (χ1v) is 10.3. The third-order valence-electron chi connectivity index (χ3n) is 5.62. The summed E-state index contributed by atoms with van der Waals surface area (Å²) in [6.07, 6.45) is 0. The Labute approximate surface area is 185 Å². The maximum absolute atomic E-state index is 12.1. The zero-order valence-corrected chi connectivity index (χ0v) is 18.3. The molecule has 0 saturated heterocycles. The van der Waals surface area contributed by atoms with E-state index < -0.39 is 5.97 Å². The number of carbonyl (C=O) groups is 1. The second kappa shape index (κ2) is 8.63. The molecule has 0 aliphatic rings. The first kappa shape index (κ1) is 21.2. The summed E-state index contributed by atoms with van der Waals surface area (Å²) in [7, 11) is 3.54. The number of carboxylic acid groups (broad SMARTS) is 1. The van der Waals surface area contributed by atoms with Crippen molar-refractivity contribution in [2.45, 2.75) is 20.1 Å². The maximum atomic E-state index is 12.1. The molecule has 0 atom stereocenters. The van der Waals surface area contributed by atoms with Crippen LogP contribution in [-0.2, 0) is 27.2 Å². The van der Waals surface area contributed by atoms with Crippen LogP contribution in [0.2, 0.25) is 0 Å². The van der Waals surface area contributed by atoms with Crippen LogP contribution in [-0.4, -0.2) is 20.2 Å². The highest BCUT2D eigenvalue weighted by Crippen LogP contribution is 2.20. The first-order valence-electron chi connectivity index (χ1n) is 10.3. The van der Waals surface area contributed by atoms with Gasteiger partial charge in [-0.3, -0.25) is 9.13 Å². The highest BCUT2D eigenvalue weighted by molar-refractivity contribution is 5.88. The van der Waals surface area contributed by atoms with E-state index in [0.29, 0.717) is 13.2 Å². The van der Waals surface area contributed by atoms with Crippen LogP contribution < -0.4 is 15.7 Å². The molecule has 0 aliphatic heterocycles. The average molecular weight is 431 g/mol. The molecule has 0 amide bonds. The molecule has 1 heterocycles. The third-order valence-corrected chi connectivity index (χ3v) is 5.62. The summed E-state index contributed by atoms with van der Waals surface area (Å²) in [5.41, 5.74) is 5.87. The van der Waals surface area contributed by atoms with Gasteiger partial charge in [0.2, 0.25) is 0 Å². The molecular weight excluding hydrogens is 406 g/mol. The number of aryl methyl sites for hydroxylation is 3. The zero-order chi connectivity index (χ0) is 22.8. The highest BCUT2D eigenvalue weighted by Gasteiger charge is 2.09. The number of ether oxygens (including phenoxy) is 1. The van der Waals surface area contributed by atoms with E-state index in [4.69, 9.17) is 9.84 Å². The van der Waals surface area contributed by atoms with Crippen LogP contribution in [0.15, 0.2) is 65.5 Å². The Morgan fingerprint density at radius 1 is 0.938 bits per heavy atom. The van der Waals surface area contributed by atoms with E-state index in [1.54, 1.807) is 41.4 Å². The fraction of sp³-hybridized carbons (Fsp3) is 0.200. The lowest BCUT2D eigenvalue weighted by Crippen LogP contribution is -2.19. The SMILES string of the molecule is Cc1cc(C(=O)O)ccc1NCc1ccc(OCc2ccc3c(c2)n(C)c(=O)n3C)cc1. The largest absolute Gasteiger partial charge is 0.489 e. The van der Waals surface area contributed by atoms with Crippen molar-refractivity contribution in [3.63, 3.8) is 0 Å². The fourth-order valence-corrected chi connectivity index (χ4v) is 3.70. The highest BCUT2D eigenvalue weighted by atomic mass is 16.5. The molecular formula is C25H25N3O4. The quantitative estimate of drug-likeness (QED) is 0.461. The summed E-state index contributed by atoms with van der Waals surface area (Å²) in [5.74, 6) is -0.166. The monoisotopic (exact) mass is 431 g/mol. The summed E-state index contributed by atoms with van der Waals surface area (Å²) in [6.45, 7) is 2.91. The molecule has 0 radical (unpaired) electrons. The lowest BCUT2D eigenvalue weighted by molar-refractivity contribution is 0.0697. The van der Waals surface area contributed by atoms with Gasteiger partial charge in [0.05, 0.1) is 16.6 Å². The Kier molecular flexibility index (Phi) is 5.73. The van der Waals surface area contributed by atoms with Crippen LogP contribution in [0.25, 0.3) is 11.0 Å². The van der Waals surface area contributed by atoms with Crippen LogP contribution in [0.3, 0.4) is 0 Å². The Morgan fingerprint density at radius 3 is 2.31 bits per heavy atom. The number of anilines is 1. The molecule has 7 nitrogen and oxygen atoms in total. The van der Waals surface area contributed by atoms with Gasteiger partial charge in [-0.05, 0) is 66.1 Å². The second-order valence-corrected chi connectivity index (χ2v) is 7.84. The van der Waals surface area contributed by atoms with Gasteiger partial charge in [-0.1, -0.05) is 18.2 Å². The molecule has 2 N–H and O–H groups in total. The van der Waals surface area contributed by atoms with Crippen molar-refractivity contribution in [1.82, 2.24) is 9.13 Å². The summed E-state index contributed by atoms with van der Waals surface area (Å²) < 4.78 is 9.19. The van der Waals surface area contributed by atoms with Gasteiger partial charge in [0.25, 0.3) is 0 Å². The zero-order valence-electron chi connectivity index (χ0n) is 18.3. The van der Waals surface area contributed by atoms with Crippen molar-refractivity contribution in [3.8, 4) is 5.75 Å². The van der Waals surface area contributed by atoms with Gasteiger partial charge in [-0.2, -0.15) is 0 Å². The number of benzene rings is 3. The van der Waals surface area contributed by atoms with Crippen molar-refractivity contribution < 1.29 is 14.6 Å². The fourth-order valence-electron chi connectivity index (χ4n) is 3.70. The number of nitrogens with one attached hydrogen (secondary N) is 1. The predicted molar refractivity (Wildman–Crippen MR) is 124 cm³/mol. The first-order chi connectivity index (χ1) is 15.3. The van der Waals surface area contributed by atoms with Gasteiger partial charge >= 0.3 is 11.7 Å². The number of imidazole rings is 1. The number of hydrogen-bond acceptors (Lipinski definition) is 4. The van der Waals surface area contributed by atoms with Gasteiger partial charge in [0.1, 0.15) is 12.4 Å². The molecule has 4 aromatic rings. The van der Waals surface area contributed by atoms with E-state index in [9.17, 15) is 9.59 Å². The maximum Gasteiger partial charge on any atom is 0.335 e. The number of rotatable bonds is 7. The number of aromatic nitrogens is 2. The summed E-state index contributed by atoms with van der Waals surface area (Å²) in [5, 5.41) is 12.4. The third kappa shape index (κ3) is 4.23. The minimum absolute atomic E-state index is 0.0460. The molecule has 0 bridgehead atoms. The van der Waals surface area contributed by atoms with Crippen LogP contribution in [0, 0.1) is 6.92 Å². The van der Waals surface area contributed by atoms with Gasteiger partial charge in [0, 0.05) is 26.3 Å². The Hall–Kier alpha value is -4.00. The second-order valence-electron chi connectivity index (χ2n) is 7.84. The minimum Gasteiger partial charge on any atom is -0.489 e. The van der Waals surface area contributed by atoms with Gasteiger partial charge in [-0.15, -0.1) is 0 Å². The molecule has 1 aromatic heterocycles. The predicted octanol–water partition coefficient (Wildman–Crippen LogP) is 4.07. The van der Waals surface area contributed by atoms with Crippen LogP contribution >= 0.6 is 0 Å². The molecule has 7 heteroatoms. The number of fused-ring (bicyclic) bond motifs is 1. The normalized spacial score (nSPS) is 11.0. The van der Waals surface area contributed by atoms with Gasteiger partial charge < -0.3 is 15.2 Å². The van der Waals surface area contributed by atoms with E-state index in [1.807, 2.05) is 49.4 Å². The molecule has 0 fully saturated rings. The number of carboxylic acids is 1. The van der Waals surface area contributed by atoms with Crippen LogP contribution in [0.4, 0.5) is 5.69 Å². The van der Waals surface area contributed by atoms with E-state index >= 15 is 0 Å². The molecule has 32 heavy (non-hydrogen) atoms. The van der Waals surface area contributed by atoms with Gasteiger partial charge in [-0.25, -0.2) is 9.59 Å². The lowest BCUT2D eigenvalue weighted by Gasteiger charge is -2.11. The minimum atomic E-state index is -0.928. The van der Waals surface area contributed by atoms with Crippen molar-refractivity contribution in [2.75, 3.05) is 5.32 Å². The Balaban J connectivity index is 1.37. The van der Waals surface area contributed by atoms with Crippen molar-refractivity contribution in [3.05, 3.63) is 93.4 Å². The van der Waals surface area contributed by atoms with E-state index in [-0.39, 0.29) is 11.3 Å². The van der Waals surface area contributed by atoms with E-state index in [0.717, 1.165) is 39.2 Å². The summed E-state index contributed by atoms with van der Waals surface area (Å²) >= 11 is 0. The molecule has 0 aliphatic carbocycles. The average Bonchev–Trinajstić information content (AvgIpc) is 3.01. The van der Waals surface area contributed by atoms with Crippen molar-refractivity contribution in [2.24, 2.45) is 14.1 Å². The molecule has 0 unspecified atom stereocenters. The number of nitrogens with zero attached hydrogens (tertiary/aromatic N) is 2. The van der Waals surface area contributed by atoms with Gasteiger partial charge in [0.15, 0.2) is 0 Å². The number of hydrogen-bond donors (Lipinski definition) is 2. The van der Waals surface area contributed by atoms with E-state index in [1.165, 1.54) is 0 Å². The lowest BCUT2D eigenvalue weighted by atomic mass is 10.1. The Morgan fingerprint density at radius 2 is 1.62 bits per heavy atom. The summed E-state index contributed by atoms with van der Waals surface area (Å²) in [4.78, 5) is 23.1. The summed E-state index contributed by atoms with van der Waals surface area (Å²) in [6, 6.07) is 18.8. The number of aromatic carboxylic acids is 1. The van der Waals surface area contributed by atoms with E-state index in [2.05, 4.69) is 5.32 Å². The molecule has 3 aromatic carbocycles. The van der Waals surface area contributed by atoms with Crippen LogP contribution in [0.1, 0.15) is 27.0 Å².